The molecule has 0 unspecified atom stereocenters. The minimum atomic E-state index is -4.06. The van der Waals surface area contributed by atoms with Gasteiger partial charge < -0.3 is 10.2 Å². The van der Waals surface area contributed by atoms with Crippen LogP contribution >= 0.6 is 11.6 Å². The van der Waals surface area contributed by atoms with Crippen LogP contribution in [0.3, 0.4) is 0 Å². The first-order valence-electron chi connectivity index (χ1n) is 5.96. The average molecular weight is 357 g/mol. The van der Waals surface area contributed by atoms with Gasteiger partial charge in [0, 0.05) is 11.1 Å². The van der Waals surface area contributed by atoms with Gasteiger partial charge in [0.25, 0.3) is 5.78 Å². The summed E-state index contributed by atoms with van der Waals surface area (Å²) < 4.78 is 25.0. The summed E-state index contributed by atoms with van der Waals surface area (Å²) in [6.45, 7) is 0. The number of aliphatic hydroxyl groups is 1. The van der Waals surface area contributed by atoms with Crippen molar-refractivity contribution in [3.05, 3.63) is 47.3 Å². The lowest BCUT2D eigenvalue weighted by Crippen LogP contribution is -2.10. The van der Waals surface area contributed by atoms with Gasteiger partial charge in [0.05, 0.1) is 11.1 Å². The van der Waals surface area contributed by atoms with Gasteiger partial charge in [-0.25, -0.2) is 13.2 Å². The molecule has 0 aliphatic carbocycles. The second kappa shape index (κ2) is 6.23. The lowest BCUT2D eigenvalue weighted by atomic mass is 10.3. The molecular weight excluding hydrogens is 348 g/mol. The molecular formula is C13H9ClN2O6S. The van der Waals surface area contributed by atoms with Gasteiger partial charge in [0.1, 0.15) is 16.3 Å². The number of hydrogen-bond donors (Lipinski definition) is 3. The second-order valence-corrected chi connectivity index (χ2v) is 6.62. The summed E-state index contributed by atoms with van der Waals surface area (Å²) in [4.78, 5) is 21.0. The van der Waals surface area contributed by atoms with E-state index in [-0.39, 0.29) is 4.90 Å². The Bertz CT molecular complexity index is 899. The number of carboxylic acids is 1. The molecule has 0 saturated heterocycles. The van der Waals surface area contributed by atoms with E-state index in [1.54, 1.807) is 0 Å². The summed E-state index contributed by atoms with van der Waals surface area (Å²) in [7, 11) is -4.06. The summed E-state index contributed by atoms with van der Waals surface area (Å²) in [5.74, 6) is -4.06. The van der Waals surface area contributed by atoms with Crippen molar-refractivity contribution in [2.75, 3.05) is 0 Å². The van der Waals surface area contributed by atoms with E-state index in [1.165, 1.54) is 24.3 Å². The van der Waals surface area contributed by atoms with Crippen molar-refractivity contribution in [3.63, 3.8) is 0 Å². The number of H-pyrrole nitrogens is 1. The van der Waals surface area contributed by atoms with Crippen LogP contribution in [0.1, 0.15) is 5.69 Å². The fourth-order valence-electron chi connectivity index (χ4n) is 1.66. The molecule has 1 aromatic carbocycles. The molecule has 10 heteroatoms. The SMILES string of the molecule is O=C(O)C(=O)C=C(O)c1[nH]ncc1S(=O)(=O)c1ccc(Cl)cc1. The molecule has 2 rings (SSSR count). The molecule has 0 spiro atoms. The molecule has 2 aromatic rings. The fourth-order valence-corrected chi connectivity index (χ4v) is 3.15. The molecule has 23 heavy (non-hydrogen) atoms. The molecule has 0 bridgehead atoms. The maximum atomic E-state index is 12.5. The van der Waals surface area contributed by atoms with Crippen LogP contribution < -0.4 is 0 Å². The summed E-state index contributed by atoms with van der Waals surface area (Å²) in [5, 5.41) is 24.4. The number of aromatic amines is 1. The molecule has 0 fully saturated rings. The van der Waals surface area contributed by atoms with Crippen molar-refractivity contribution >= 4 is 38.9 Å². The number of aromatic nitrogens is 2. The Morgan fingerprint density at radius 2 is 1.78 bits per heavy atom. The summed E-state index contributed by atoms with van der Waals surface area (Å²) in [5.41, 5.74) is -0.394. The third kappa shape index (κ3) is 3.41. The standard InChI is InChI=1S/C13H9ClN2O6S/c14-7-1-3-8(4-2-7)23(21,22)11-6-15-16-12(11)9(17)5-10(18)13(19)20/h1-6,17H,(H,15,16)(H,19,20). The fraction of sp³-hybridized carbons (Fsp3) is 0. The molecule has 3 N–H and O–H groups in total. The monoisotopic (exact) mass is 356 g/mol. The molecule has 0 aliphatic heterocycles. The third-order valence-electron chi connectivity index (χ3n) is 2.75. The minimum absolute atomic E-state index is 0.109. The molecule has 0 radical (unpaired) electrons. The first kappa shape index (κ1) is 16.7. The Balaban J connectivity index is 2.51. The van der Waals surface area contributed by atoms with Crippen LogP contribution in [-0.4, -0.2) is 40.6 Å². The van der Waals surface area contributed by atoms with Crippen LogP contribution in [0, 0.1) is 0 Å². The summed E-state index contributed by atoms with van der Waals surface area (Å²) >= 11 is 5.70. The third-order valence-corrected chi connectivity index (χ3v) is 4.79. The smallest absolute Gasteiger partial charge is 0.376 e. The molecule has 1 heterocycles. The number of nitrogens with one attached hydrogen (secondary N) is 1. The second-order valence-electron chi connectivity index (χ2n) is 4.27. The first-order chi connectivity index (χ1) is 10.7. The number of aliphatic hydroxyl groups excluding tert-OH is 1. The van der Waals surface area contributed by atoms with Crippen LogP contribution in [0.5, 0.6) is 0 Å². The van der Waals surface area contributed by atoms with Gasteiger partial charge in [-0.15, -0.1) is 0 Å². The van der Waals surface area contributed by atoms with E-state index in [0.717, 1.165) is 6.20 Å². The number of benzene rings is 1. The maximum absolute atomic E-state index is 12.5. The molecule has 0 atom stereocenters. The Hall–Kier alpha value is -2.65. The lowest BCUT2D eigenvalue weighted by molar-refractivity contribution is -0.146. The van der Waals surface area contributed by atoms with Crippen LogP contribution in [0.15, 0.2) is 46.3 Å². The van der Waals surface area contributed by atoms with Gasteiger partial charge >= 0.3 is 5.97 Å². The molecule has 0 aliphatic rings. The average Bonchev–Trinajstić information content (AvgIpc) is 2.97. The zero-order valence-electron chi connectivity index (χ0n) is 11.2. The number of carbonyl (C=O) groups is 2. The molecule has 120 valence electrons. The highest BCUT2D eigenvalue weighted by Gasteiger charge is 2.25. The highest BCUT2D eigenvalue weighted by molar-refractivity contribution is 7.91. The van der Waals surface area contributed by atoms with E-state index < -0.39 is 37.9 Å². The maximum Gasteiger partial charge on any atom is 0.376 e. The number of rotatable bonds is 5. The van der Waals surface area contributed by atoms with Crippen LogP contribution in [0.25, 0.3) is 5.76 Å². The van der Waals surface area contributed by atoms with Gasteiger partial charge in [-0.2, -0.15) is 5.10 Å². The molecule has 8 nitrogen and oxygen atoms in total. The van der Waals surface area contributed by atoms with E-state index in [2.05, 4.69) is 10.2 Å². The number of aliphatic carboxylic acids is 1. The van der Waals surface area contributed by atoms with Crippen molar-refractivity contribution in [2.24, 2.45) is 0 Å². The predicted octanol–water partition coefficient (Wildman–Crippen LogP) is 1.45. The van der Waals surface area contributed by atoms with Crippen LogP contribution in [0.4, 0.5) is 0 Å². The quantitative estimate of drug-likeness (QED) is 0.418. The van der Waals surface area contributed by atoms with E-state index in [1.807, 2.05) is 0 Å². The number of halogens is 1. The summed E-state index contributed by atoms with van der Waals surface area (Å²) in [6, 6.07) is 5.27. The Labute approximate surface area is 134 Å². The minimum Gasteiger partial charge on any atom is -0.506 e. The van der Waals surface area contributed by atoms with Crippen molar-refractivity contribution in [3.8, 4) is 0 Å². The normalized spacial score (nSPS) is 12.1. The number of hydrogen-bond acceptors (Lipinski definition) is 6. The number of carboxylic acid groups (broad SMARTS) is 1. The predicted molar refractivity (Wildman–Crippen MR) is 78.7 cm³/mol. The van der Waals surface area contributed by atoms with Gasteiger partial charge in [-0.3, -0.25) is 9.89 Å². The van der Waals surface area contributed by atoms with Gasteiger partial charge in [-0.1, -0.05) is 11.6 Å². The van der Waals surface area contributed by atoms with Gasteiger partial charge in [-0.05, 0) is 24.3 Å². The van der Waals surface area contributed by atoms with E-state index in [9.17, 15) is 23.1 Å². The van der Waals surface area contributed by atoms with Gasteiger partial charge in [0.2, 0.25) is 9.84 Å². The van der Waals surface area contributed by atoms with Crippen molar-refractivity contribution in [2.45, 2.75) is 9.79 Å². The van der Waals surface area contributed by atoms with Crippen molar-refractivity contribution in [1.82, 2.24) is 10.2 Å². The Kier molecular flexibility index (Phi) is 4.52. The summed E-state index contributed by atoms with van der Waals surface area (Å²) in [6.07, 6.45) is 1.32. The van der Waals surface area contributed by atoms with Crippen molar-refractivity contribution < 1.29 is 28.2 Å². The number of ketones is 1. The topological polar surface area (TPSA) is 137 Å². The highest BCUT2D eigenvalue weighted by Crippen LogP contribution is 2.26. The first-order valence-corrected chi connectivity index (χ1v) is 7.82. The van der Waals surface area contributed by atoms with Crippen LogP contribution in [0.2, 0.25) is 5.02 Å². The zero-order chi connectivity index (χ0) is 17.2. The Morgan fingerprint density at radius 1 is 1.17 bits per heavy atom. The lowest BCUT2D eigenvalue weighted by Gasteiger charge is -2.05. The van der Waals surface area contributed by atoms with E-state index in [4.69, 9.17) is 16.7 Å². The van der Waals surface area contributed by atoms with Crippen molar-refractivity contribution in [1.29, 1.82) is 0 Å². The van der Waals surface area contributed by atoms with Gasteiger partial charge in [0.15, 0.2) is 0 Å². The van der Waals surface area contributed by atoms with E-state index >= 15 is 0 Å². The molecule has 0 amide bonds. The number of sulfone groups is 1. The van der Waals surface area contributed by atoms with E-state index in [0.29, 0.717) is 11.1 Å². The molecule has 1 aromatic heterocycles. The highest BCUT2D eigenvalue weighted by atomic mass is 35.5. The molecule has 0 saturated carbocycles. The largest absolute Gasteiger partial charge is 0.506 e. The zero-order valence-corrected chi connectivity index (χ0v) is 12.8. The van der Waals surface area contributed by atoms with Crippen LogP contribution in [-0.2, 0) is 19.4 Å². The number of carbonyl (C=O) groups excluding carboxylic acids is 1. The number of nitrogens with zero attached hydrogens (tertiary/aromatic N) is 1. The Morgan fingerprint density at radius 3 is 2.35 bits per heavy atom.